The molecule has 1 amide bonds. The van der Waals surface area contributed by atoms with Crippen LogP contribution in [-0.2, 0) is 15.6 Å². The van der Waals surface area contributed by atoms with E-state index >= 15 is 0 Å². The van der Waals surface area contributed by atoms with E-state index in [1.807, 2.05) is 30.3 Å². The number of hydrogen-bond acceptors (Lipinski definition) is 1. The van der Waals surface area contributed by atoms with Crippen LogP contribution in [0.4, 0.5) is 10.1 Å². The van der Waals surface area contributed by atoms with E-state index in [2.05, 4.69) is 19.2 Å². The molecule has 0 saturated heterocycles. The second kappa shape index (κ2) is 4.19. The van der Waals surface area contributed by atoms with Crippen LogP contribution < -0.4 is 5.32 Å². The van der Waals surface area contributed by atoms with E-state index in [0.717, 1.165) is 23.2 Å². The molecule has 2 aromatic carbocycles. The van der Waals surface area contributed by atoms with Gasteiger partial charge >= 0.3 is 0 Å². The van der Waals surface area contributed by atoms with Crippen LogP contribution in [0.25, 0.3) is 0 Å². The minimum Gasteiger partial charge on any atom is -0.325 e. The molecule has 22 heavy (non-hydrogen) atoms. The maximum Gasteiger partial charge on any atom is 0.236 e. The molecule has 0 radical (unpaired) electrons. The molecule has 2 aliphatic rings. The smallest absolute Gasteiger partial charge is 0.236 e. The van der Waals surface area contributed by atoms with Gasteiger partial charge in [0.05, 0.1) is 5.41 Å². The summed E-state index contributed by atoms with van der Waals surface area (Å²) in [7, 11) is 0. The third kappa shape index (κ3) is 1.41. The molecule has 1 saturated carbocycles. The van der Waals surface area contributed by atoms with Crippen LogP contribution in [0, 0.1) is 11.7 Å². The van der Waals surface area contributed by atoms with Gasteiger partial charge in [0.25, 0.3) is 0 Å². The summed E-state index contributed by atoms with van der Waals surface area (Å²) >= 11 is 0. The summed E-state index contributed by atoms with van der Waals surface area (Å²) in [6.45, 7) is 4.24. The number of carbonyl (C=O) groups excluding carboxylic acids is 1. The van der Waals surface area contributed by atoms with E-state index in [4.69, 9.17) is 0 Å². The fourth-order valence-corrected chi connectivity index (χ4v) is 4.45. The molecular formula is C19H18FNO. The standard InChI is InChI=1S/C19H18FNO/c1-12(2)18(13-6-5-7-14(20)10-13)11-19(18)15-8-3-4-9-16(15)21-17(19)22/h3-10,12H,11H2,1-2H3,(H,21,22). The van der Waals surface area contributed by atoms with Gasteiger partial charge in [0.15, 0.2) is 0 Å². The summed E-state index contributed by atoms with van der Waals surface area (Å²) in [6.07, 6.45) is 0.740. The van der Waals surface area contributed by atoms with E-state index in [-0.39, 0.29) is 23.1 Å². The summed E-state index contributed by atoms with van der Waals surface area (Å²) in [5, 5.41) is 3.01. The number of nitrogens with one attached hydrogen (secondary N) is 1. The number of hydrogen-bond donors (Lipinski definition) is 1. The highest BCUT2D eigenvalue weighted by Crippen LogP contribution is 2.72. The molecule has 1 aliphatic heterocycles. The van der Waals surface area contributed by atoms with Crippen LogP contribution in [0.5, 0.6) is 0 Å². The maximum atomic E-state index is 13.8. The first-order valence-electron chi connectivity index (χ1n) is 7.69. The molecule has 1 aliphatic carbocycles. The molecule has 1 N–H and O–H groups in total. The van der Waals surface area contributed by atoms with Gasteiger partial charge in [-0.3, -0.25) is 4.79 Å². The highest BCUT2D eigenvalue weighted by atomic mass is 19.1. The molecule has 112 valence electrons. The predicted molar refractivity (Wildman–Crippen MR) is 84.3 cm³/mol. The van der Waals surface area contributed by atoms with E-state index in [1.54, 1.807) is 12.1 Å². The van der Waals surface area contributed by atoms with Gasteiger partial charge in [0.2, 0.25) is 5.91 Å². The van der Waals surface area contributed by atoms with Crippen molar-refractivity contribution in [3.05, 3.63) is 65.5 Å². The zero-order valence-electron chi connectivity index (χ0n) is 12.7. The van der Waals surface area contributed by atoms with Crippen LogP contribution in [0.2, 0.25) is 0 Å². The summed E-state index contributed by atoms with van der Waals surface area (Å²) in [5.41, 5.74) is 2.00. The SMILES string of the molecule is CC(C)C1(c2cccc(F)c2)CC12C(=O)Nc1ccccc12. The van der Waals surface area contributed by atoms with Crippen LogP contribution in [0.1, 0.15) is 31.4 Å². The number of carbonyl (C=O) groups is 1. The van der Waals surface area contributed by atoms with Crippen molar-refractivity contribution in [3.63, 3.8) is 0 Å². The Morgan fingerprint density at radius 2 is 1.91 bits per heavy atom. The minimum atomic E-state index is -0.550. The molecule has 1 fully saturated rings. The van der Waals surface area contributed by atoms with Crippen LogP contribution in [0.3, 0.4) is 0 Å². The van der Waals surface area contributed by atoms with Gasteiger partial charge in [-0.2, -0.15) is 0 Å². The van der Waals surface area contributed by atoms with E-state index in [9.17, 15) is 9.18 Å². The van der Waals surface area contributed by atoms with Crippen LogP contribution in [-0.4, -0.2) is 5.91 Å². The topological polar surface area (TPSA) is 29.1 Å². The number of amides is 1. The van der Waals surface area contributed by atoms with Gasteiger partial charge in [-0.05, 0) is 41.7 Å². The number of anilines is 1. The Labute approximate surface area is 129 Å². The fraction of sp³-hybridized carbons (Fsp3) is 0.316. The molecule has 2 atom stereocenters. The van der Waals surface area contributed by atoms with Crippen molar-refractivity contribution in [2.24, 2.45) is 5.92 Å². The lowest BCUT2D eigenvalue weighted by atomic mass is 9.75. The lowest BCUT2D eigenvalue weighted by Crippen LogP contribution is -2.33. The fourth-order valence-electron chi connectivity index (χ4n) is 4.45. The van der Waals surface area contributed by atoms with Gasteiger partial charge < -0.3 is 5.32 Å². The predicted octanol–water partition coefficient (Wildman–Crippen LogP) is 4.01. The number of rotatable bonds is 2. The molecule has 2 unspecified atom stereocenters. The molecule has 2 nitrogen and oxygen atoms in total. The first-order chi connectivity index (χ1) is 10.5. The Balaban J connectivity index is 1.94. The largest absolute Gasteiger partial charge is 0.325 e. The second-order valence-corrected chi connectivity index (χ2v) is 6.72. The molecule has 3 heteroatoms. The maximum absolute atomic E-state index is 13.8. The van der Waals surface area contributed by atoms with Crippen molar-refractivity contribution >= 4 is 11.6 Å². The zero-order chi connectivity index (χ0) is 15.5. The normalized spacial score (nSPS) is 28.8. The van der Waals surface area contributed by atoms with Crippen molar-refractivity contribution in [2.45, 2.75) is 31.1 Å². The highest BCUT2D eigenvalue weighted by molar-refractivity contribution is 6.10. The Morgan fingerprint density at radius 3 is 2.64 bits per heavy atom. The van der Waals surface area contributed by atoms with Gasteiger partial charge in [-0.25, -0.2) is 4.39 Å². The first-order valence-corrected chi connectivity index (χ1v) is 7.69. The monoisotopic (exact) mass is 295 g/mol. The van der Waals surface area contributed by atoms with E-state index < -0.39 is 5.41 Å². The Morgan fingerprint density at radius 1 is 1.14 bits per heavy atom. The number of halogens is 1. The average Bonchev–Trinajstić information content (AvgIpc) is 3.13. The number of para-hydroxylation sites is 1. The number of fused-ring (bicyclic) bond motifs is 2. The summed E-state index contributed by atoms with van der Waals surface area (Å²) in [6, 6.07) is 14.6. The second-order valence-electron chi connectivity index (χ2n) is 6.72. The van der Waals surface area contributed by atoms with Crippen molar-refractivity contribution < 1.29 is 9.18 Å². The summed E-state index contributed by atoms with van der Waals surface area (Å²) in [4.78, 5) is 12.8. The Kier molecular flexibility index (Phi) is 2.57. The molecular weight excluding hydrogens is 277 g/mol. The molecule has 4 rings (SSSR count). The van der Waals surface area contributed by atoms with Crippen molar-refractivity contribution in [3.8, 4) is 0 Å². The highest BCUT2D eigenvalue weighted by Gasteiger charge is 2.76. The number of benzene rings is 2. The lowest BCUT2D eigenvalue weighted by molar-refractivity contribution is -0.118. The summed E-state index contributed by atoms with van der Waals surface area (Å²) in [5.74, 6) is 0.0455. The van der Waals surface area contributed by atoms with Gasteiger partial charge in [-0.15, -0.1) is 0 Å². The van der Waals surface area contributed by atoms with E-state index in [0.29, 0.717) is 0 Å². The first kappa shape index (κ1) is 13.5. The molecule has 0 bridgehead atoms. The van der Waals surface area contributed by atoms with Crippen LogP contribution in [0.15, 0.2) is 48.5 Å². The van der Waals surface area contributed by atoms with E-state index in [1.165, 1.54) is 6.07 Å². The zero-order valence-corrected chi connectivity index (χ0v) is 12.7. The van der Waals surface area contributed by atoms with Gasteiger partial charge in [0.1, 0.15) is 5.82 Å². The minimum absolute atomic E-state index is 0.0478. The molecule has 0 aromatic heterocycles. The molecule has 2 aromatic rings. The molecule has 1 spiro atoms. The lowest BCUT2D eigenvalue weighted by Gasteiger charge is -2.26. The molecule has 1 heterocycles. The third-order valence-electron chi connectivity index (χ3n) is 5.53. The average molecular weight is 295 g/mol. The Hall–Kier alpha value is -2.16. The van der Waals surface area contributed by atoms with Crippen molar-refractivity contribution in [1.82, 2.24) is 0 Å². The van der Waals surface area contributed by atoms with Crippen molar-refractivity contribution in [1.29, 1.82) is 0 Å². The quantitative estimate of drug-likeness (QED) is 0.891. The van der Waals surface area contributed by atoms with Crippen LogP contribution >= 0.6 is 0 Å². The van der Waals surface area contributed by atoms with Gasteiger partial charge in [0, 0.05) is 11.1 Å². The van der Waals surface area contributed by atoms with Crippen molar-refractivity contribution in [2.75, 3.05) is 5.32 Å². The summed E-state index contributed by atoms with van der Waals surface area (Å²) < 4.78 is 13.8. The third-order valence-corrected chi connectivity index (χ3v) is 5.53. The van der Waals surface area contributed by atoms with Gasteiger partial charge in [-0.1, -0.05) is 44.2 Å². The Bertz CT molecular complexity index is 785.